The molecule has 3 aromatic rings. The van der Waals surface area contributed by atoms with E-state index in [1.54, 1.807) is 20.9 Å². The van der Waals surface area contributed by atoms with Crippen LogP contribution in [0.1, 0.15) is 52.7 Å². The van der Waals surface area contributed by atoms with Crippen molar-refractivity contribution in [2.75, 3.05) is 7.05 Å². The third-order valence-corrected chi connectivity index (χ3v) is 6.25. The van der Waals surface area contributed by atoms with Crippen LogP contribution in [0.3, 0.4) is 0 Å². The lowest BCUT2D eigenvalue weighted by atomic mass is 10.2. The highest BCUT2D eigenvalue weighted by Gasteiger charge is 2.20. The number of nitrogens with zero attached hydrogens (tertiary/aromatic N) is 4. The lowest BCUT2D eigenvalue weighted by Crippen LogP contribution is -2.25. The first-order valence-electron chi connectivity index (χ1n) is 8.87. The largest absolute Gasteiger partial charge is 0.349 e. The molecule has 5 nitrogen and oxygen atoms in total. The monoisotopic (exact) mass is 356 g/mol. The molecule has 3 heterocycles. The highest BCUT2D eigenvalue weighted by atomic mass is 32.1. The standard InChI is InChI=1S/C19H24N4OS/c1-13-15(10-22(3)20-13)9-21(2)19(24)17-8-14-11-23(12-18(14)25-17)16-6-4-5-7-16/h8,10-12,16H,4-7,9H2,1-3H3. The van der Waals surface area contributed by atoms with E-state index in [2.05, 4.69) is 22.1 Å². The van der Waals surface area contributed by atoms with Crippen molar-refractivity contribution in [3.05, 3.63) is 40.8 Å². The topological polar surface area (TPSA) is 43.1 Å². The SMILES string of the molecule is Cc1nn(C)cc1CN(C)C(=O)c1cc2cn(C3CCCC3)cc2s1. The normalized spacial score (nSPS) is 15.3. The first kappa shape index (κ1) is 16.4. The minimum absolute atomic E-state index is 0.0804. The third-order valence-electron chi connectivity index (χ3n) is 5.17. The van der Waals surface area contributed by atoms with Crippen molar-refractivity contribution in [3.8, 4) is 0 Å². The number of carbonyl (C=O) groups is 1. The Morgan fingerprint density at radius 3 is 2.72 bits per heavy atom. The molecule has 0 unspecified atom stereocenters. The molecule has 132 valence electrons. The summed E-state index contributed by atoms with van der Waals surface area (Å²) in [5, 5.41) is 5.53. The molecule has 0 aromatic carbocycles. The molecule has 1 aliphatic carbocycles. The molecule has 0 aliphatic heterocycles. The molecular formula is C19H24N4OS. The number of aryl methyl sites for hydroxylation is 2. The molecule has 1 aliphatic rings. The summed E-state index contributed by atoms with van der Waals surface area (Å²) in [6.07, 6.45) is 11.6. The maximum Gasteiger partial charge on any atom is 0.264 e. The van der Waals surface area contributed by atoms with Crippen molar-refractivity contribution >= 4 is 27.3 Å². The van der Waals surface area contributed by atoms with Gasteiger partial charge in [0, 0.05) is 56.2 Å². The molecule has 1 saturated carbocycles. The summed E-state index contributed by atoms with van der Waals surface area (Å²) in [5.74, 6) is 0.0804. The van der Waals surface area contributed by atoms with Crippen LogP contribution >= 0.6 is 11.3 Å². The van der Waals surface area contributed by atoms with Crippen LogP contribution in [0.5, 0.6) is 0 Å². The zero-order valence-electron chi connectivity index (χ0n) is 15.0. The van der Waals surface area contributed by atoms with Gasteiger partial charge in [0.05, 0.1) is 15.3 Å². The summed E-state index contributed by atoms with van der Waals surface area (Å²) < 4.78 is 5.36. The number of hydrogen-bond acceptors (Lipinski definition) is 3. The highest BCUT2D eigenvalue weighted by molar-refractivity contribution is 7.20. The van der Waals surface area contributed by atoms with Crippen LogP contribution in [0.2, 0.25) is 0 Å². The van der Waals surface area contributed by atoms with Crippen LogP contribution in [0, 0.1) is 6.92 Å². The average molecular weight is 356 g/mol. The molecule has 4 rings (SSSR count). The summed E-state index contributed by atoms with van der Waals surface area (Å²) in [4.78, 5) is 15.4. The number of amides is 1. The van der Waals surface area contributed by atoms with E-state index in [1.165, 1.54) is 35.8 Å². The van der Waals surface area contributed by atoms with Gasteiger partial charge in [0.1, 0.15) is 0 Å². The van der Waals surface area contributed by atoms with Gasteiger partial charge in [-0.1, -0.05) is 12.8 Å². The van der Waals surface area contributed by atoms with Gasteiger partial charge in [0.25, 0.3) is 5.91 Å². The first-order valence-corrected chi connectivity index (χ1v) is 9.68. The van der Waals surface area contributed by atoms with E-state index in [-0.39, 0.29) is 5.91 Å². The molecule has 0 bridgehead atoms. The van der Waals surface area contributed by atoms with Crippen molar-refractivity contribution in [2.45, 2.75) is 45.2 Å². The maximum absolute atomic E-state index is 12.8. The fraction of sp³-hybridized carbons (Fsp3) is 0.474. The molecule has 25 heavy (non-hydrogen) atoms. The van der Waals surface area contributed by atoms with Crippen molar-refractivity contribution in [1.82, 2.24) is 19.2 Å². The number of hydrogen-bond donors (Lipinski definition) is 0. The number of fused-ring (bicyclic) bond motifs is 1. The van der Waals surface area contributed by atoms with E-state index in [0.717, 1.165) is 16.1 Å². The summed E-state index contributed by atoms with van der Waals surface area (Å²) in [6.45, 7) is 2.57. The van der Waals surface area contributed by atoms with Crippen LogP contribution in [0.25, 0.3) is 10.1 Å². The zero-order valence-corrected chi connectivity index (χ0v) is 15.8. The molecule has 1 fully saturated rings. The number of thiophene rings is 1. The van der Waals surface area contributed by atoms with Gasteiger partial charge in [0.15, 0.2) is 0 Å². The predicted octanol–water partition coefficient (Wildman–Crippen LogP) is 4.13. The van der Waals surface area contributed by atoms with E-state index in [9.17, 15) is 4.79 Å². The Morgan fingerprint density at radius 2 is 2.08 bits per heavy atom. The van der Waals surface area contributed by atoms with Crippen LogP contribution in [0.4, 0.5) is 0 Å². The van der Waals surface area contributed by atoms with Gasteiger partial charge in [-0.25, -0.2) is 0 Å². The molecule has 0 N–H and O–H groups in total. The lowest BCUT2D eigenvalue weighted by Gasteiger charge is -2.15. The lowest BCUT2D eigenvalue weighted by molar-refractivity contribution is 0.0790. The fourth-order valence-electron chi connectivity index (χ4n) is 3.79. The molecule has 1 amide bonds. The Hall–Kier alpha value is -2.08. The van der Waals surface area contributed by atoms with Gasteiger partial charge < -0.3 is 9.47 Å². The summed E-state index contributed by atoms with van der Waals surface area (Å²) >= 11 is 1.60. The number of carbonyl (C=O) groups excluding carboxylic acids is 1. The Kier molecular flexibility index (Phi) is 4.15. The van der Waals surface area contributed by atoms with Crippen molar-refractivity contribution in [3.63, 3.8) is 0 Å². The molecular weight excluding hydrogens is 332 g/mol. The van der Waals surface area contributed by atoms with Crippen molar-refractivity contribution in [2.24, 2.45) is 7.05 Å². The molecule has 0 saturated heterocycles. The van der Waals surface area contributed by atoms with Gasteiger partial charge in [-0.3, -0.25) is 9.48 Å². The van der Waals surface area contributed by atoms with E-state index in [4.69, 9.17) is 0 Å². The molecule has 0 radical (unpaired) electrons. The van der Waals surface area contributed by atoms with Gasteiger partial charge in [-0.2, -0.15) is 5.10 Å². The first-order chi connectivity index (χ1) is 12.0. The molecule has 0 spiro atoms. The fourth-order valence-corrected chi connectivity index (χ4v) is 4.86. The second kappa shape index (κ2) is 6.33. The second-order valence-electron chi connectivity index (χ2n) is 7.15. The highest BCUT2D eigenvalue weighted by Crippen LogP contribution is 2.34. The van der Waals surface area contributed by atoms with Gasteiger partial charge >= 0.3 is 0 Å². The summed E-state index contributed by atoms with van der Waals surface area (Å²) in [7, 11) is 3.77. The molecule has 6 heteroatoms. The van der Waals surface area contributed by atoms with Crippen LogP contribution < -0.4 is 0 Å². The van der Waals surface area contributed by atoms with E-state index in [1.807, 2.05) is 33.3 Å². The minimum atomic E-state index is 0.0804. The maximum atomic E-state index is 12.8. The Balaban J connectivity index is 1.51. The Morgan fingerprint density at radius 1 is 1.32 bits per heavy atom. The quantitative estimate of drug-likeness (QED) is 0.705. The Bertz CT molecular complexity index is 882. The zero-order chi connectivity index (χ0) is 17.6. The van der Waals surface area contributed by atoms with Crippen LogP contribution in [-0.4, -0.2) is 32.2 Å². The van der Waals surface area contributed by atoms with E-state index >= 15 is 0 Å². The minimum Gasteiger partial charge on any atom is -0.349 e. The van der Waals surface area contributed by atoms with Crippen LogP contribution in [0.15, 0.2) is 24.7 Å². The van der Waals surface area contributed by atoms with Crippen molar-refractivity contribution < 1.29 is 4.79 Å². The smallest absolute Gasteiger partial charge is 0.264 e. The number of rotatable bonds is 4. The third kappa shape index (κ3) is 3.11. The second-order valence-corrected chi connectivity index (χ2v) is 8.23. The van der Waals surface area contributed by atoms with E-state index < -0.39 is 0 Å². The molecule has 3 aromatic heterocycles. The van der Waals surface area contributed by atoms with Crippen LogP contribution in [-0.2, 0) is 13.6 Å². The average Bonchev–Trinajstić information content (AvgIpc) is 3.30. The Labute approximate surface area is 151 Å². The molecule has 0 atom stereocenters. The van der Waals surface area contributed by atoms with Gasteiger partial charge in [-0.15, -0.1) is 11.3 Å². The van der Waals surface area contributed by atoms with Gasteiger partial charge in [0.2, 0.25) is 0 Å². The summed E-state index contributed by atoms with van der Waals surface area (Å²) in [5.41, 5.74) is 2.07. The summed E-state index contributed by atoms with van der Waals surface area (Å²) in [6, 6.07) is 2.69. The van der Waals surface area contributed by atoms with E-state index in [0.29, 0.717) is 12.6 Å². The number of aromatic nitrogens is 3. The predicted molar refractivity (Wildman–Crippen MR) is 101 cm³/mol. The van der Waals surface area contributed by atoms with Crippen molar-refractivity contribution in [1.29, 1.82) is 0 Å². The van der Waals surface area contributed by atoms with Gasteiger partial charge in [-0.05, 0) is 25.8 Å².